The summed E-state index contributed by atoms with van der Waals surface area (Å²) in [5, 5.41) is 15.2. The predicted octanol–water partition coefficient (Wildman–Crippen LogP) is 2.53. The standard InChI is InChI=1S/C18H19N5O/c1-13-8-6-7-11-16(13)18-20-22-23(21-18)12-17(24)19-14(2)15-9-4-3-5-10-15/h3-11,14H,12H2,1-2H3,(H,19,24)/t14-/m0/s1. The van der Waals surface area contributed by atoms with Gasteiger partial charge in [-0.15, -0.1) is 10.2 Å². The number of hydrogen-bond donors (Lipinski definition) is 1. The summed E-state index contributed by atoms with van der Waals surface area (Å²) in [6.07, 6.45) is 0. The highest BCUT2D eigenvalue weighted by Gasteiger charge is 2.13. The molecule has 24 heavy (non-hydrogen) atoms. The molecule has 0 spiro atoms. The summed E-state index contributed by atoms with van der Waals surface area (Å²) in [5.41, 5.74) is 3.04. The number of carbonyl (C=O) groups excluding carboxylic acids is 1. The summed E-state index contributed by atoms with van der Waals surface area (Å²) in [6.45, 7) is 3.97. The first-order valence-electron chi connectivity index (χ1n) is 7.81. The molecule has 1 atom stereocenters. The van der Waals surface area contributed by atoms with Crippen LogP contribution < -0.4 is 5.32 Å². The van der Waals surface area contributed by atoms with Gasteiger partial charge in [0.25, 0.3) is 0 Å². The molecule has 6 heteroatoms. The number of tetrazole rings is 1. The average molecular weight is 321 g/mol. The van der Waals surface area contributed by atoms with E-state index in [0.717, 1.165) is 16.7 Å². The molecule has 1 N–H and O–H groups in total. The maximum atomic E-state index is 12.2. The van der Waals surface area contributed by atoms with Gasteiger partial charge in [0.15, 0.2) is 0 Å². The Morgan fingerprint density at radius 2 is 1.83 bits per heavy atom. The van der Waals surface area contributed by atoms with Crippen molar-refractivity contribution >= 4 is 5.91 Å². The zero-order chi connectivity index (χ0) is 16.9. The first-order valence-corrected chi connectivity index (χ1v) is 7.81. The van der Waals surface area contributed by atoms with Crippen LogP contribution in [0.25, 0.3) is 11.4 Å². The Morgan fingerprint density at radius 3 is 2.58 bits per heavy atom. The van der Waals surface area contributed by atoms with Crippen LogP contribution in [0.4, 0.5) is 0 Å². The average Bonchev–Trinajstić information content (AvgIpc) is 3.04. The second kappa shape index (κ2) is 7.04. The Kier molecular flexibility index (Phi) is 4.65. The van der Waals surface area contributed by atoms with Crippen molar-refractivity contribution in [1.82, 2.24) is 25.5 Å². The normalized spacial score (nSPS) is 11.9. The molecular formula is C18H19N5O. The minimum absolute atomic E-state index is 0.0378. The van der Waals surface area contributed by atoms with Gasteiger partial charge < -0.3 is 5.32 Å². The van der Waals surface area contributed by atoms with Crippen LogP contribution in [0.5, 0.6) is 0 Å². The molecule has 3 rings (SSSR count). The van der Waals surface area contributed by atoms with Crippen molar-refractivity contribution in [2.24, 2.45) is 0 Å². The van der Waals surface area contributed by atoms with Crippen LogP contribution in [0.1, 0.15) is 24.1 Å². The molecule has 0 fully saturated rings. The lowest BCUT2D eigenvalue weighted by Gasteiger charge is -2.13. The second-order valence-corrected chi connectivity index (χ2v) is 5.66. The largest absolute Gasteiger partial charge is 0.348 e. The van der Waals surface area contributed by atoms with Gasteiger partial charge in [0, 0.05) is 5.56 Å². The Hall–Kier alpha value is -3.02. The fraction of sp³-hybridized carbons (Fsp3) is 0.222. The number of amides is 1. The lowest BCUT2D eigenvalue weighted by molar-refractivity contribution is -0.122. The van der Waals surface area contributed by atoms with Gasteiger partial charge in [-0.2, -0.15) is 4.80 Å². The minimum atomic E-state index is -0.153. The first kappa shape index (κ1) is 15.9. The molecule has 122 valence electrons. The second-order valence-electron chi connectivity index (χ2n) is 5.66. The Bertz CT molecular complexity index is 828. The summed E-state index contributed by atoms with van der Waals surface area (Å²) >= 11 is 0. The van der Waals surface area contributed by atoms with Crippen LogP contribution in [0.3, 0.4) is 0 Å². The molecule has 0 radical (unpaired) electrons. The quantitative estimate of drug-likeness (QED) is 0.784. The van der Waals surface area contributed by atoms with E-state index in [9.17, 15) is 4.79 Å². The molecule has 1 amide bonds. The van der Waals surface area contributed by atoms with Crippen molar-refractivity contribution in [2.75, 3.05) is 0 Å². The number of benzene rings is 2. The van der Waals surface area contributed by atoms with E-state index in [1.165, 1.54) is 4.80 Å². The van der Waals surface area contributed by atoms with Gasteiger partial charge in [0.2, 0.25) is 11.7 Å². The van der Waals surface area contributed by atoms with Crippen molar-refractivity contribution < 1.29 is 4.79 Å². The van der Waals surface area contributed by atoms with Crippen LogP contribution in [-0.2, 0) is 11.3 Å². The van der Waals surface area contributed by atoms with Gasteiger partial charge in [-0.1, -0.05) is 54.6 Å². The molecule has 0 saturated carbocycles. The van der Waals surface area contributed by atoms with Gasteiger partial charge in [0.1, 0.15) is 6.54 Å². The zero-order valence-electron chi connectivity index (χ0n) is 13.7. The lowest BCUT2D eigenvalue weighted by atomic mass is 10.1. The van der Waals surface area contributed by atoms with E-state index in [1.54, 1.807) is 0 Å². The SMILES string of the molecule is Cc1ccccc1-c1nnn(CC(=O)N[C@@H](C)c2ccccc2)n1. The van der Waals surface area contributed by atoms with E-state index in [2.05, 4.69) is 20.7 Å². The zero-order valence-corrected chi connectivity index (χ0v) is 13.7. The van der Waals surface area contributed by atoms with E-state index in [1.807, 2.05) is 68.4 Å². The molecule has 0 aliphatic rings. The number of nitrogens with zero attached hydrogens (tertiary/aromatic N) is 4. The van der Waals surface area contributed by atoms with Crippen molar-refractivity contribution in [1.29, 1.82) is 0 Å². The van der Waals surface area contributed by atoms with Crippen LogP contribution in [0, 0.1) is 6.92 Å². The smallest absolute Gasteiger partial charge is 0.244 e. The third-order valence-corrected chi connectivity index (χ3v) is 3.80. The number of nitrogens with one attached hydrogen (secondary N) is 1. The number of aromatic nitrogens is 4. The minimum Gasteiger partial charge on any atom is -0.348 e. The molecule has 0 unspecified atom stereocenters. The van der Waals surface area contributed by atoms with Gasteiger partial charge in [-0.05, 0) is 30.2 Å². The fourth-order valence-electron chi connectivity index (χ4n) is 2.48. The summed E-state index contributed by atoms with van der Waals surface area (Å²) in [5.74, 6) is 0.372. The molecular weight excluding hydrogens is 302 g/mol. The third-order valence-electron chi connectivity index (χ3n) is 3.80. The number of rotatable bonds is 5. The molecule has 3 aromatic rings. The summed E-state index contributed by atoms with van der Waals surface area (Å²) < 4.78 is 0. The third kappa shape index (κ3) is 3.65. The van der Waals surface area contributed by atoms with E-state index >= 15 is 0 Å². The summed E-state index contributed by atoms with van der Waals surface area (Å²) in [7, 11) is 0. The Morgan fingerprint density at radius 1 is 1.12 bits per heavy atom. The van der Waals surface area contributed by atoms with Crippen molar-refractivity contribution in [2.45, 2.75) is 26.4 Å². The van der Waals surface area contributed by atoms with Crippen LogP contribution in [-0.4, -0.2) is 26.1 Å². The number of hydrogen-bond acceptors (Lipinski definition) is 4. The Balaban J connectivity index is 1.65. The Labute approximate surface area is 140 Å². The topological polar surface area (TPSA) is 72.7 Å². The molecule has 0 aliphatic carbocycles. The van der Waals surface area contributed by atoms with Crippen molar-refractivity contribution in [3.63, 3.8) is 0 Å². The van der Waals surface area contributed by atoms with E-state index in [-0.39, 0.29) is 18.5 Å². The highest BCUT2D eigenvalue weighted by molar-refractivity contribution is 5.76. The highest BCUT2D eigenvalue weighted by Crippen LogP contribution is 2.17. The molecule has 2 aromatic carbocycles. The maximum absolute atomic E-state index is 12.2. The lowest BCUT2D eigenvalue weighted by Crippen LogP contribution is -2.30. The van der Waals surface area contributed by atoms with Gasteiger partial charge in [0.05, 0.1) is 6.04 Å². The molecule has 0 saturated heterocycles. The predicted molar refractivity (Wildman–Crippen MR) is 91.0 cm³/mol. The van der Waals surface area contributed by atoms with Crippen LogP contribution >= 0.6 is 0 Å². The molecule has 1 aromatic heterocycles. The van der Waals surface area contributed by atoms with Gasteiger partial charge in [-0.3, -0.25) is 4.79 Å². The van der Waals surface area contributed by atoms with Crippen LogP contribution in [0.2, 0.25) is 0 Å². The van der Waals surface area contributed by atoms with Crippen molar-refractivity contribution in [3.8, 4) is 11.4 Å². The summed E-state index contributed by atoms with van der Waals surface area (Å²) in [4.78, 5) is 13.5. The number of aryl methyl sites for hydroxylation is 1. The maximum Gasteiger partial charge on any atom is 0.244 e. The summed E-state index contributed by atoms with van der Waals surface area (Å²) in [6, 6.07) is 17.6. The highest BCUT2D eigenvalue weighted by atomic mass is 16.2. The molecule has 0 aliphatic heterocycles. The molecule has 1 heterocycles. The van der Waals surface area contributed by atoms with E-state index in [4.69, 9.17) is 0 Å². The first-order chi connectivity index (χ1) is 11.6. The van der Waals surface area contributed by atoms with Crippen molar-refractivity contribution in [3.05, 3.63) is 65.7 Å². The van der Waals surface area contributed by atoms with E-state index < -0.39 is 0 Å². The number of carbonyl (C=O) groups is 1. The van der Waals surface area contributed by atoms with E-state index in [0.29, 0.717) is 5.82 Å². The monoisotopic (exact) mass is 321 g/mol. The molecule has 6 nitrogen and oxygen atoms in total. The molecule has 0 bridgehead atoms. The fourth-order valence-corrected chi connectivity index (χ4v) is 2.48. The van der Waals surface area contributed by atoms with Crippen LogP contribution in [0.15, 0.2) is 54.6 Å². The van der Waals surface area contributed by atoms with Gasteiger partial charge >= 0.3 is 0 Å². The van der Waals surface area contributed by atoms with Gasteiger partial charge in [-0.25, -0.2) is 0 Å².